The van der Waals surface area contributed by atoms with E-state index in [2.05, 4.69) is 10.4 Å². The van der Waals surface area contributed by atoms with Gasteiger partial charge in [-0.05, 0) is 37.3 Å². The summed E-state index contributed by atoms with van der Waals surface area (Å²) in [6, 6.07) is 4.07. The highest BCUT2D eigenvalue weighted by Crippen LogP contribution is 2.19. The zero-order valence-corrected chi connectivity index (χ0v) is 9.93. The van der Waals surface area contributed by atoms with Crippen molar-refractivity contribution < 1.29 is 4.74 Å². The van der Waals surface area contributed by atoms with Gasteiger partial charge in [-0.25, -0.2) is 4.98 Å². The molecular weight excluding hydrogens is 216 g/mol. The van der Waals surface area contributed by atoms with Crippen LogP contribution in [-0.4, -0.2) is 23.7 Å². The molecular formula is C12H20N4O. The number of rotatable bonds is 5. The minimum absolute atomic E-state index is 0.185. The Kier molecular flexibility index (Phi) is 4.30. The number of ether oxygens (including phenoxy) is 1. The van der Waals surface area contributed by atoms with E-state index in [-0.39, 0.29) is 6.04 Å². The Bertz CT molecular complexity index is 352. The summed E-state index contributed by atoms with van der Waals surface area (Å²) in [6.45, 7) is 0.872. The van der Waals surface area contributed by atoms with Crippen LogP contribution in [0.5, 0.6) is 0 Å². The van der Waals surface area contributed by atoms with Gasteiger partial charge in [0, 0.05) is 18.8 Å². The number of hydrogen-bond donors (Lipinski definition) is 3. The van der Waals surface area contributed by atoms with Crippen LogP contribution in [0.1, 0.15) is 24.8 Å². The number of hydrazine groups is 1. The van der Waals surface area contributed by atoms with E-state index in [1.807, 2.05) is 12.1 Å². The Morgan fingerprint density at radius 3 is 3.12 bits per heavy atom. The van der Waals surface area contributed by atoms with Crippen molar-refractivity contribution in [2.75, 3.05) is 12.3 Å². The third-order valence-electron chi connectivity index (χ3n) is 3.20. The number of nitrogen functional groups attached to an aromatic ring is 1. The molecule has 94 valence electrons. The van der Waals surface area contributed by atoms with E-state index in [1.165, 1.54) is 0 Å². The summed E-state index contributed by atoms with van der Waals surface area (Å²) in [5, 5.41) is 0. The second-order valence-corrected chi connectivity index (χ2v) is 4.49. The summed E-state index contributed by atoms with van der Waals surface area (Å²) in [5.74, 6) is 6.17. The zero-order valence-electron chi connectivity index (χ0n) is 9.93. The monoisotopic (exact) mass is 236 g/mol. The molecule has 1 aliphatic rings. The minimum Gasteiger partial charge on any atom is -0.383 e. The van der Waals surface area contributed by atoms with Crippen LogP contribution in [0.15, 0.2) is 18.3 Å². The fourth-order valence-corrected chi connectivity index (χ4v) is 2.25. The molecule has 2 atom stereocenters. The number of pyridine rings is 1. The van der Waals surface area contributed by atoms with E-state index < -0.39 is 0 Å². The molecule has 0 radical (unpaired) electrons. The molecule has 1 saturated heterocycles. The largest absolute Gasteiger partial charge is 0.383 e. The lowest BCUT2D eigenvalue weighted by Gasteiger charge is -2.19. The van der Waals surface area contributed by atoms with Gasteiger partial charge >= 0.3 is 0 Å². The molecule has 1 aliphatic heterocycles. The molecule has 5 N–H and O–H groups in total. The van der Waals surface area contributed by atoms with Gasteiger partial charge in [0.2, 0.25) is 0 Å². The molecule has 1 aromatic heterocycles. The van der Waals surface area contributed by atoms with Gasteiger partial charge in [0.25, 0.3) is 0 Å². The maximum Gasteiger partial charge on any atom is 0.126 e. The van der Waals surface area contributed by atoms with Crippen molar-refractivity contribution in [1.29, 1.82) is 0 Å². The molecule has 0 saturated carbocycles. The van der Waals surface area contributed by atoms with Gasteiger partial charge in [0.05, 0.1) is 6.10 Å². The van der Waals surface area contributed by atoms with Crippen molar-refractivity contribution in [3.8, 4) is 0 Å². The molecule has 0 aromatic carbocycles. The number of nitrogens with zero attached hydrogens (tertiary/aromatic N) is 1. The van der Waals surface area contributed by atoms with Gasteiger partial charge in [-0.3, -0.25) is 11.3 Å². The lowest BCUT2D eigenvalue weighted by atomic mass is 10.0. The number of anilines is 1. The van der Waals surface area contributed by atoms with Crippen LogP contribution in [0.4, 0.5) is 5.82 Å². The van der Waals surface area contributed by atoms with E-state index >= 15 is 0 Å². The normalized spacial score (nSPS) is 21.6. The standard InChI is InChI=1S/C12H20N4O/c13-12-9(3-1-5-15-12)7-10(16-14)8-11-4-2-6-17-11/h1,3,5,10-11,16H,2,4,6-8,14H2,(H2,13,15). The summed E-state index contributed by atoms with van der Waals surface area (Å²) in [7, 11) is 0. The minimum atomic E-state index is 0.185. The van der Waals surface area contributed by atoms with Crippen LogP contribution in [-0.2, 0) is 11.2 Å². The predicted molar refractivity (Wildman–Crippen MR) is 67.1 cm³/mol. The van der Waals surface area contributed by atoms with Crippen LogP contribution < -0.4 is 17.0 Å². The van der Waals surface area contributed by atoms with Gasteiger partial charge < -0.3 is 10.5 Å². The lowest BCUT2D eigenvalue weighted by molar-refractivity contribution is 0.0946. The molecule has 0 aliphatic carbocycles. The average molecular weight is 236 g/mol. The molecule has 17 heavy (non-hydrogen) atoms. The molecule has 5 heteroatoms. The smallest absolute Gasteiger partial charge is 0.126 e. The first-order valence-corrected chi connectivity index (χ1v) is 6.06. The number of aromatic nitrogens is 1. The van der Waals surface area contributed by atoms with Crippen molar-refractivity contribution in [3.63, 3.8) is 0 Å². The first kappa shape index (κ1) is 12.3. The second kappa shape index (κ2) is 5.95. The Balaban J connectivity index is 1.92. The summed E-state index contributed by atoms with van der Waals surface area (Å²) in [4.78, 5) is 4.08. The quantitative estimate of drug-likeness (QED) is 0.515. The summed E-state index contributed by atoms with van der Waals surface area (Å²) < 4.78 is 5.61. The highest BCUT2D eigenvalue weighted by atomic mass is 16.5. The summed E-state index contributed by atoms with van der Waals surface area (Å²) >= 11 is 0. The summed E-state index contributed by atoms with van der Waals surface area (Å²) in [5.41, 5.74) is 9.70. The van der Waals surface area contributed by atoms with Crippen LogP contribution in [0.3, 0.4) is 0 Å². The molecule has 2 heterocycles. The van der Waals surface area contributed by atoms with E-state index in [4.69, 9.17) is 16.3 Å². The average Bonchev–Trinajstić information content (AvgIpc) is 2.84. The van der Waals surface area contributed by atoms with Crippen LogP contribution in [0.25, 0.3) is 0 Å². The van der Waals surface area contributed by atoms with Crippen LogP contribution in [0, 0.1) is 0 Å². The number of hydrogen-bond acceptors (Lipinski definition) is 5. The molecule has 1 aromatic rings. The van der Waals surface area contributed by atoms with Crippen LogP contribution >= 0.6 is 0 Å². The lowest BCUT2D eigenvalue weighted by Crippen LogP contribution is -2.39. The highest BCUT2D eigenvalue weighted by molar-refractivity contribution is 5.38. The predicted octanol–water partition coefficient (Wildman–Crippen LogP) is 0.607. The Labute approximate surface area is 102 Å². The van der Waals surface area contributed by atoms with E-state index in [0.717, 1.165) is 37.9 Å². The summed E-state index contributed by atoms with van der Waals surface area (Å²) in [6.07, 6.45) is 6.01. The molecule has 1 fully saturated rings. The number of nitrogens with two attached hydrogens (primary N) is 2. The number of nitrogens with one attached hydrogen (secondary N) is 1. The maximum absolute atomic E-state index is 5.82. The van der Waals surface area contributed by atoms with Crippen LogP contribution in [0.2, 0.25) is 0 Å². The van der Waals surface area contributed by atoms with E-state index in [1.54, 1.807) is 6.20 Å². The van der Waals surface area contributed by atoms with Crippen molar-refractivity contribution >= 4 is 5.82 Å². The fourth-order valence-electron chi connectivity index (χ4n) is 2.25. The van der Waals surface area contributed by atoms with E-state index in [9.17, 15) is 0 Å². The first-order valence-electron chi connectivity index (χ1n) is 6.06. The molecule has 5 nitrogen and oxygen atoms in total. The fraction of sp³-hybridized carbons (Fsp3) is 0.583. The molecule has 0 amide bonds. The zero-order chi connectivity index (χ0) is 12.1. The van der Waals surface area contributed by atoms with Gasteiger partial charge in [0.1, 0.15) is 5.82 Å². The van der Waals surface area contributed by atoms with Gasteiger partial charge in [0.15, 0.2) is 0 Å². The Morgan fingerprint density at radius 1 is 1.59 bits per heavy atom. The van der Waals surface area contributed by atoms with Gasteiger partial charge in [-0.2, -0.15) is 0 Å². The van der Waals surface area contributed by atoms with Crippen molar-refractivity contribution in [3.05, 3.63) is 23.9 Å². The molecule has 2 rings (SSSR count). The van der Waals surface area contributed by atoms with Gasteiger partial charge in [-0.1, -0.05) is 6.07 Å². The van der Waals surface area contributed by atoms with Crippen molar-refractivity contribution in [2.45, 2.75) is 37.8 Å². The molecule has 0 spiro atoms. The first-order chi connectivity index (χ1) is 8.29. The highest BCUT2D eigenvalue weighted by Gasteiger charge is 2.20. The Morgan fingerprint density at radius 2 is 2.47 bits per heavy atom. The van der Waals surface area contributed by atoms with Crippen molar-refractivity contribution in [1.82, 2.24) is 10.4 Å². The SMILES string of the molecule is NNC(Cc1cccnc1N)CC1CCCO1. The van der Waals surface area contributed by atoms with Crippen molar-refractivity contribution in [2.24, 2.45) is 5.84 Å². The third kappa shape index (κ3) is 3.39. The second-order valence-electron chi connectivity index (χ2n) is 4.49. The molecule has 0 bridgehead atoms. The third-order valence-corrected chi connectivity index (χ3v) is 3.20. The maximum atomic E-state index is 5.82. The molecule has 2 unspecified atom stereocenters. The van der Waals surface area contributed by atoms with Gasteiger partial charge in [-0.15, -0.1) is 0 Å². The Hall–Kier alpha value is -1.17. The van der Waals surface area contributed by atoms with E-state index in [0.29, 0.717) is 11.9 Å². The topological polar surface area (TPSA) is 86.2 Å².